The molecule has 0 aliphatic rings. The highest BCUT2D eigenvalue weighted by atomic mass is 79.9. The third-order valence-corrected chi connectivity index (χ3v) is 3.48. The van der Waals surface area contributed by atoms with Crippen LogP contribution in [0.3, 0.4) is 0 Å². The summed E-state index contributed by atoms with van der Waals surface area (Å²) in [4.78, 5) is 24.5. The number of alkyl carbamates (subject to hydrolysis) is 1. The molecular formula is C17H26BrN3O3. The number of nitrogens with two attached hydrogens (primary N) is 1. The number of amides is 2. The second kappa shape index (κ2) is 8.37. The van der Waals surface area contributed by atoms with Gasteiger partial charge >= 0.3 is 6.09 Å². The van der Waals surface area contributed by atoms with Crippen LogP contribution in [0, 0.1) is 5.92 Å². The Morgan fingerprint density at radius 1 is 1.29 bits per heavy atom. The first-order valence-electron chi connectivity index (χ1n) is 7.83. The lowest BCUT2D eigenvalue weighted by molar-refractivity contribution is -0.118. The maximum Gasteiger partial charge on any atom is 0.408 e. The summed E-state index contributed by atoms with van der Waals surface area (Å²) >= 11 is 3.34. The van der Waals surface area contributed by atoms with Crippen molar-refractivity contribution in [2.24, 2.45) is 5.92 Å². The summed E-state index contributed by atoms with van der Waals surface area (Å²) in [6.45, 7) is 9.26. The van der Waals surface area contributed by atoms with Crippen molar-refractivity contribution in [1.29, 1.82) is 0 Å². The lowest BCUT2D eigenvalue weighted by atomic mass is 10.0. The van der Waals surface area contributed by atoms with Gasteiger partial charge in [-0.2, -0.15) is 0 Å². The zero-order valence-electron chi connectivity index (χ0n) is 14.8. The van der Waals surface area contributed by atoms with E-state index in [2.05, 4.69) is 26.6 Å². The lowest BCUT2D eigenvalue weighted by Crippen LogP contribution is -2.46. The number of ether oxygens (including phenoxy) is 1. The van der Waals surface area contributed by atoms with Gasteiger partial charge < -0.3 is 21.1 Å². The summed E-state index contributed by atoms with van der Waals surface area (Å²) in [6.07, 6.45) is -0.135. The molecule has 0 fully saturated rings. The SMILES string of the molecule is CC(C)CC(NC(=O)OC(C)(C)C)C(=O)Nc1cc(Br)ccc1N. The molecule has 0 aliphatic carbocycles. The van der Waals surface area contributed by atoms with E-state index in [1.165, 1.54) is 0 Å². The molecule has 4 N–H and O–H groups in total. The quantitative estimate of drug-likeness (QED) is 0.654. The van der Waals surface area contributed by atoms with E-state index in [-0.39, 0.29) is 11.8 Å². The summed E-state index contributed by atoms with van der Waals surface area (Å²) in [5.74, 6) is -0.116. The number of carbonyl (C=O) groups is 2. The molecule has 0 heterocycles. The second-order valence-corrected chi connectivity index (χ2v) is 7.96. The number of halogens is 1. The predicted molar refractivity (Wildman–Crippen MR) is 99.8 cm³/mol. The normalized spacial score (nSPS) is 12.6. The Bertz CT molecular complexity index is 597. The average Bonchev–Trinajstić information content (AvgIpc) is 2.39. The molecular weight excluding hydrogens is 374 g/mol. The van der Waals surface area contributed by atoms with Crippen molar-refractivity contribution in [2.45, 2.75) is 52.7 Å². The van der Waals surface area contributed by atoms with Crippen LogP contribution in [0.4, 0.5) is 16.2 Å². The van der Waals surface area contributed by atoms with Gasteiger partial charge in [-0.25, -0.2) is 4.79 Å². The highest BCUT2D eigenvalue weighted by Crippen LogP contribution is 2.23. The Hall–Kier alpha value is -1.76. The van der Waals surface area contributed by atoms with E-state index in [0.29, 0.717) is 17.8 Å². The first kappa shape index (κ1) is 20.3. The zero-order chi connectivity index (χ0) is 18.5. The van der Waals surface area contributed by atoms with Crippen molar-refractivity contribution >= 4 is 39.3 Å². The van der Waals surface area contributed by atoms with Gasteiger partial charge in [0, 0.05) is 4.47 Å². The zero-order valence-corrected chi connectivity index (χ0v) is 16.4. The first-order chi connectivity index (χ1) is 11.0. The Labute approximate surface area is 151 Å². The van der Waals surface area contributed by atoms with Crippen molar-refractivity contribution in [3.63, 3.8) is 0 Å². The molecule has 0 radical (unpaired) electrons. The molecule has 7 heteroatoms. The van der Waals surface area contributed by atoms with Crippen LogP contribution in [0.1, 0.15) is 41.0 Å². The maximum atomic E-state index is 12.6. The van der Waals surface area contributed by atoms with Crippen molar-refractivity contribution < 1.29 is 14.3 Å². The van der Waals surface area contributed by atoms with Crippen molar-refractivity contribution in [3.8, 4) is 0 Å². The molecule has 1 aromatic carbocycles. The summed E-state index contributed by atoms with van der Waals surface area (Å²) in [5.41, 5.74) is 6.19. The van der Waals surface area contributed by atoms with Crippen molar-refractivity contribution in [1.82, 2.24) is 5.32 Å². The largest absolute Gasteiger partial charge is 0.444 e. The minimum atomic E-state index is -0.710. The van der Waals surface area contributed by atoms with E-state index < -0.39 is 17.7 Å². The number of nitrogens with one attached hydrogen (secondary N) is 2. The molecule has 24 heavy (non-hydrogen) atoms. The van der Waals surface area contributed by atoms with Crippen molar-refractivity contribution in [2.75, 3.05) is 11.1 Å². The van der Waals surface area contributed by atoms with Crippen LogP contribution in [0.2, 0.25) is 0 Å². The van der Waals surface area contributed by atoms with Crippen LogP contribution in [-0.4, -0.2) is 23.6 Å². The van der Waals surface area contributed by atoms with Crippen LogP contribution in [0.25, 0.3) is 0 Å². The lowest BCUT2D eigenvalue weighted by Gasteiger charge is -2.24. The van der Waals surface area contributed by atoms with Crippen LogP contribution in [0.5, 0.6) is 0 Å². The summed E-state index contributed by atoms with van der Waals surface area (Å²) < 4.78 is 6.03. The van der Waals surface area contributed by atoms with Crippen molar-refractivity contribution in [3.05, 3.63) is 22.7 Å². The molecule has 2 amide bonds. The predicted octanol–water partition coefficient (Wildman–Crippen LogP) is 3.91. The molecule has 0 saturated heterocycles. The van der Waals surface area contributed by atoms with Crippen LogP contribution >= 0.6 is 15.9 Å². The summed E-state index contributed by atoms with van der Waals surface area (Å²) in [5, 5.41) is 5.39. The fraction of sp³-hybridized carbons (Fsp3) is 0.529. The van der Waals surface area contributed by atoms with Gasteiger partial charge in [0.25, 0.3) is 0 Å². The highest BCUT2D eigenvalue weighted by Gasteiger charge is 2.25. The van der Waals surface area contributed by atoms with Gasteiger partial charge in [-0.1, -0.05) is 29.8 Å². The number of nitrogen functional groups attached to an aromatic ring is 1. The van der Waals surface area contributed by atoms with Crippen LogP contribution in [-0.2, 0) is 9.53 Å². The number of anilines is 2. The fourth-order valence-electron chi connectivity index (χ4n) is 2.01. The van der Waals surface area contributed by atoms with Gasteiger partial charge in [0.15, 0.2) is 0 Å². The Balaban J connectivity index is 2.85. The monoisotopic (exact) mass is 399 g/mol. The molecule has 0 spiro atoms. The Kier molecular flexibility index (Phi) is 7.08. The smallest absolute Gasteiger partial charge is 0.408 e. The first-order valence-corrected chi connectivity index (χ1v) is 8.62. The van der Waals surface area contributed by atoms with Gasteiger partial charge in [-0.15, -0.1) is 0 Å². The number of hydrogen-bond donors (Lipinski definition) is 3. The molecule has 1 atom stereocenters. The molecule has 6 nitrogen and oxygen atoms in total. The second-order valence-electron chi connectivity index (χ2n) is 7.05. The molecule has 0 aromatic heterocycles. The number of benzene rings is 1. The van der Waals surface area contributed by atoms with Gasteiger partial charge in [0.05, 0.1) is 11.4 Å². The topological polar surface area (TPSA) is 93.4 Å². The van der Waals surface area contributed by atoms with E-state index in [9.17, 15) is 9.59 Å². The van der Waals surface area contributed by atoms with Gasteiger partial charge in [-0.05, 0) is 51.3 Å². The molecule has 1 aromatic rings. The minimum absolute atomic E-state index is 0.218. The van der Waals surface area contributed by atoms with E-state index in [1.54, 1.807) is 39.0 Å². The molecule has 0 bridgehead atoms. The molecule has 1 rings (SSSR count). The molecule has 0 saturated carbocycles. The number of hydrogen-bond acceptors (Lipinski definition) is 4. The highest BCUT2D eigenvalue weighted by molar-refractivity contribution is 9.10. The summed E-state index contributed by atoms with van der Waals surface area (Å²) in [7, 11) is 0. The van der Waals surface area contributed by atoms with E-state index in [1.807, 2.05) is 13.8 Å². The Morgan fingerprint density at radius 3 is 2.46 bits per heavy atom. The van der Waals surface area contributed by atoms with E-state index in [0.717, 1.165) is 4.47 Å². The Morgan fingerprint density at radius 2 is 1.92 bits per heavy atom. The van der Waals surface area contributed by atoms with Crippen LogP contribution < -0.4 is 16.4 Å². The number of rotatable bonds is 5. The van der Waals surface area contributed by atoms with E-state index in [4.69, 9.17) is 10.5 Å². The third kappa shape index (κ3) is 7.21. The molecule has 134 valence electrons. The molecule has 1 unspecified atom stereocenters. The van der Waals surface area contributed by atoms with Gasteiger partial charge in [0.2, 0.25) is 5.91 Å². The standard InChI is InChI=1S/C17H26BrN3O3/c1-10(2)8-14(21-16(23)24-17(3,4)5)15(22)20-13-9-11(18)6-7-12(13)19/h6-7,9-10,14H,8,19H2,1-5H3,(H,20,22)(H,21,23). The molecule has 0 aliphatic heterocycles. The maximum absolute atomic E-state index is 12.6. The third-order valence-electron chi connectivity index (χ3n) is 2.99. The fourth-order valence-corrected chi connectivity index (χ4v) is 2.37. The minimum Gasteiger partial charge on any atom is -0.444 e. The van der Waals surface area contributed by atoms with E-state index >= 15 is 0 Å². The summed E-state index contributed by atoms with van der Waals surface area (Å²) in [6, 6.07) is 4.49. The van der Waals surface area contributed by atoms with Gasteiger partial charge in [-0.3, -0.25) is 4.79 Å². The number of carbonyl (C=O) groups excluding carboxylic acids is 2. The average molecular weight is 400 g/mol. The van der Waals surface area contributed by atoms with Gasteiger partial charge in [0.1, 0.15) is 11.6 Å². The van der Waals surface area contributed by atoms with Crippen LogP contribution in [0.15, 0.2) is 22.7 Å².